The lowest BCUT2D eigenvalue weighted by Crippen LogP contribution is -2.41. The molecule has 0 aromatic heterocycles. The lowest BCUT2D eigenvalue weighted by Gasteiger charge is -2.15. The molecule has 0 aliphatic heterocycles. The van der Waals surface area contributed by atoms with Crippen LogP contribution in [-0.2, 0) is 66.9 Å². The molecule has 4 amide bonds. The molecule has 0 fully saturated rings. The Balaban J connectivity index is -0.00000797. The number of amides is 4. The van der Waals surface area contributed by atoms with Crippen molar-refractivity contribution in [1.82, 2.24) is 21.3 Å². The molecule has 24 heteroatoms. The minimum absolute atomic E-state index is 0. The highest BCUT2D eigenvalue weighted by molar-refractivity contribution is 7.99. The number of carboxylic acid groups (broad SMARTS) is 3. The van der Waals surface area contributed by atoms with E-state index in [-0.39, 0.29) is 171 Å². The number of carboxylic acids is 3. The van der Waals surface area contributed by atoms with Gasteiger partial charge < -0.3 is 66.4 Å². The number of Topliss-reactive ketones (excluding diaryl/α,β-unsaturated/α-hetero) is 3. The van der Waals surface area contributed by atoms with Crippen molar-refractivity contribution in [1.29, 1.82) is 0 Å². The lowest BCUT2D eigenvalue weighted by atomic mass is 9.94. The van der Waals surface area contributed by atoms with Crippen LogP contribution in [0.3, 0.4) is 0 Å². The normalized spacial score (nSPS) is 12.3. The predicted octanol–water partition coefficient (Wildman–Crippen LogP) is 5.18. The number of hydrogen-bond acceptors (Lipinski definition) is 17. The first-order valence-corrected chi connectivity index (χ1v) is 29.6. The molecule has 0 radical (unpaired) electrons. The van der Waals surface area contributed by atoms with Crippen LogP contribution in [0.25, 0.3) is 0 Å². The first-order chi connectivity index (χ1) is 37.8. The fourth-order valence-corrected chi connectivity index (χ4v) is 8.43. The first kappa shape index (κ1) is 79.6. The van der Waals surface area contributed by atoms with Gasteiger partial charge >= 0.3 is 17.9 Å². The molecule has 80 heavy (non-hydrogen) atoms. The van der Waals surface area contributed by atoms with Crippen molar-refractivity contribution in [3.63, 3.8) is 0 Å². The average Bonchev–Trinajstić information content (AvgIpc) is 3.40. The summed E-state index contributed by atoms with van der Waals surface area (Å²) in [6.07, 6.45) is 19.2. The highest BCUT2D eigenvalue weighted by Gasteiger charge is 2.25. The van der Waals surface area contributed by atoms with Gasteiger partial charge in [-0.3, -0.25) is 43.2 Å². The summed E-state index contributed by atoms with van der Waals surface area (Å²) in [4.78, 5) is 116. The van der Waals surface area contributed by atoms with E-state index < -0.39 is 42.4 Å². The second-order valence-corrected chi connectivity index (χ2v) is 20.5. The third-order valence-corrected chi connectivity index (χ3v) is 13.4. The van der Waals surface area contributed by atoms with Gasteiger partial charge in [0.05, 0.1) is 57.4 Å². The van der Waals surface area contributed by atoms with E-state index in [9.17, 15) is 53.1 Å². The maximum Gasteiger partial charge on any atom is 0.326 e. The zero-order valence-corrected chi connectivity index (χ0v) is 48.5. The molecular weight excluding hydrogens is 1060 g/mol. The Labute approximate surface area is 480 Å². The molecular formula is C56H103N5O18S. The standard InChI is InChI=1S/C51H90N4O17S.C4H9NO.CH4/c1-2-40(44(58)34-41(35-56)50(65)66)38-73-39-48(62)53-26-25-52-46(60)36-72-33-31-70-29-27-54-47(61)37-71-32-30-69-28-19-20-42(57)23-24-43(51(67)68)55-45(59)21-17-15-13-11-9-7-5-3-4-6-8-10-12-14-16-18-22-49(63)64;1-3(5)4(2)6;/h40-41,43,56H,2-39H2,1H3,(H,52,60)(H,53,62)(H,54,61)(H,55,59)(H,63,64)(H,65,66)(H,67,68);3H,5H2,1-2H3;1H4/t40-,41-,43-;3-;/m00./s1. The number of carbonyl (C=O) groups is 10. The number of nitrogens with two attached hydrogens (primary N) is 1. The zero-order valence-electron chi connectivity index (χ0n) is 47.7. The largest absolute Gasteiger partial charge is 0.481 e. The topological polar surface area (TPSA) is 363 Å². The third kappa shape index (κ3) is 54.0. The van der Waals surface area contributed by atoms with Crippen LogP contribution in [0.4, 0.5) is 0 Å². The lowest BCUT2D eigenvalue weighted by molar-refractivity contribution is -0.145. The molecule has 0 aliphatic carbocycles. The number of unbranched alkanes of at least 4 members (excludes halogenated alkanes) is 15. The summed E-state index contributed by atoms with van der Waals surface area (Å²) in [5.74, 6) is -5.89. The molecule has 0 aliphatic rings. The van der Waals surface area contributed by atoms with Crippen LogP contribution in [0.15, 0.2) is 0 Å². The summed E-state index contributed by atoms with van der Waals surface area (Å²) in [6, 6.07) is -1.40. The van der Waals surface area contributed by atoms with Gasteiger partial charge in [0.2, 0.25) is 23.6 Å². The fraction of sp³-hybridized carbons (Fsp3) is 0.821. The Morgan fingerprint density at radius 1 is 0.525 bits per heavy atom. The van der Waals surface area contributed by atoms with E-state index in [1.54, 1.807) is 13.8 Å². The number of thioether (sulfide) groups is 1. The van der Waals surface area contributed by atoms with E-state index in [1.165, 1.54) is 76.5 Å². The molecule has 466 valence electrons. The van der Waals surface area contributed by atoms with Gasteiger partial charge in [0.15, 0.2) is 0 Å². The minimum Gasteiger partial charge on any atom is -0.481 e. The Bertz CT molecular complexity index is 1690. The van der Waals surface area contributed by atoms with Crippen molar-refractivity contribution in [2.45, 2.75) is 194 Å². The molecule has 4 atom stereocenters. The zero-order chi connectivity index (χ0) is 59.3. The fourth-order valence-electron chi connectivity index (χ4n) is 7.32. The summed E-state index contributed by atoms with van der Waals surface area (Å²) in [6.45, 7) is 5.76. The molecule has 0 aromatic rings. The highest BCUT2D eigenvalue weighted by atomic mass is 32.2. The maximum atomic E-state index is 12.4. The van der Waals surface area contributed by atoms with Crippen molar-refractivity contribution in [2.24, 2.45) is 17.6 Å². The maximum absolute atomic E-state index is 12.4. The summed E-state index contributed by atoms with van der Waals surface area (Å²) >= 11 is 1.25. The van der Waals surface area contributed by atoms with Gasteiger partial charge in [0.25, 0.3) is 0 Å². The summed E-state index contributed by atoms with van der Waals surface area (Å²) in [5, 5.41) is 46.9. The number of rotatable bonds is 55. The predicted molar refractivity (Wildman–Crippen MR) is 306 cm³/mol. The molecule has 0 unspecified atom stereocenters. The molecule has 10 N–H and O–H groups in total. The number of aliphatic hydroxyl groups excluding tert-OH is 1. The van der Waals surface area contributed by atoms with E-state index in [1.807, 2.05) is 0 Å². The molecule has 0 spiro atoms. The van der Waals surface area contributed by atoms with E-state index in [4.69, 9.17) is 40.0 Å². The van der Waals surface area contributed by atoms with Crippen molar-refractivity contribution in [2.75, 3.05) is 90.6 Å². The average molecular weight is 1170 g/mol. The van der Waals surface area contributed by atoms with Crippen molar-refractivity contribution < 1.29 is 87.3 Å². The summed E-state index contributed by atoms with van der Waals surface area (Å²) in [7, 11) is 0. The van der Waals surface area contributed by atoms with Gasteiger partial charge in [0, 0.05) is 70.0 Å². The van der Waals surface area contributed by atoms with Gasteiger partial charge in [-0.05, 0) is 46.0 Å². The van der Waals surface area contributed by atoms with Crippen molar-refractivity contribution in [3.8, 4) is 0 Å². The Morgan fingerprint density at radius 3 is 1.43 bits per heavy atom. The van der Waals surface area contributed by atoms with E-state index in [2.05, 4.69) is 21.3 Å². The van der Waals surface area contributed by atoms with Crippen molar-refractivity contribution in [3.05, 3.63) is 0 Å². The number of aliphatic carboxylic acids is 3. The molecule has 0 saturated carbocycles. The number of nitrogens with one attached hydrogen (secondary N) is 4. The molecule has 0 heterocycles. The monoisotopic (exact) mass is 1170 g/mol. The molecule has 23 nitrogen and oxygen atoms in total. The number of hydrogen-bond donors (Lipinski definition) is 9. The van der Waals surface area contributed by atoms with Crippen LogP contribution >= 0.6 is 11.8 Å². The van der Waals surface area contributed by atoms with Gasteiger partial charge in [0.1, 0.15) is 36.6 Å². The summed E-state index contributed by atoms with van der Waals surface area (Å²) in [5.41, 5.74) is 5.09. The molecule has 0 aromatic carbocycles. The number of aliphatic hydroxyl groups is 1. The van der Waals surface area contributed by atoms with Crippen LogP contribution in [0.1, 0.15) is 182 Å². The van der Waals surface area contributed by atoms with Gasteiger partial charge in [-0.25, -0.2) is 4.79 Å². The second-order valence-electron chi connectivity index (χ2n) is 19.5. The van der Waals surface area contributed by atoms with Crippen LogP contribution in [0.5, 0.6) is 0 Å². The number of carbonyl (C=O) groups excluding carboxylic acids is 7. The Kier molecular flexibility index (Phi) is 56.0. The minimum atomic E-state index is -1.23. The second kappa shape index (κ2) is 56.3. The van der Waals surface area contributed by atoms with Gasteiger partial charge in [-0.2, -0.15) is 11.8 Å². The van der Waals surface area contributed by atoms with Crippen LogP contribution in [-0.4, -0.2) is 182 Å². The molecule has 0 bridgehead atoms. The number of ketones is 3. The Hall–Kier alpha value is -4.59. The Morgan fingerprint density at radius 2 is 0.975 bits per heavy atom. The molecule has 0 rings (SSSR count). The van der Waals surface area contributed by atoms with Crippen molar-refractivity contribution >= 4 is 70.6 Å². The van der Waals surface area contributed by atoms with Gasteiger partial charge in [-0.15, -0.1) is 0 Å². The highest BCUT2D eigenvalue weighted by Crippen LogP contribution is 2.18. The summed E-state index contributed by atoms with van der Waals surface area (Å²) < 4.78 is 21.4. The SMILES string of the molecule is C.CC(=O)[C@H](C)N.CC[C@@H](CSCC(=O)NCCNC(=O)COCCOCCNC(=O)COCCOCCCC(=O)CC[C@H](NC(=O)CCCCCCCCCCCCCCCCCCC(=O)O)C(=O)O)C(=O)C[C@@H](CO)C(=O)O. The van der Waals surface area contributed by atoms with E-state index >= 15 is 0 Å². The van der Waals surface area contributed by atoms with Crippen LogP contribution in [0, 0.1) is 11.8 Å². The molecule has 0 saturated heterocycles. The van der Waals surface area contributed by atoms with E-state index in [0.29, 0.717) is 25.0 Å². The number of ether oxygens (including phenoxy) is 4. The van der Waals surface area contributed by atoms with E-state index in [0.717, 1.165) is 38.5 Å². The van der Waals surface area contributed by atoms with Crippen LogP contribution in [0.2, 0.25) is 0 Å². The van der Waals surface area contributed by atoms with Crippen LogP contribution < -0.4 is 27.0 Å². The third-order valence-electron chi connectivity index (χ3n) is 12.3. The first-order valence-electron chi connectivity index (χ1n) is 28.4. The quantitative estimate of drug-likeness (QED) is 0.0354. The smallest absolute Gasteiger partial charge is 0.326 e. The van der Waals surface area contributed by atoms with Gasteiger partial charge in [-0.1, -0.05) is 104 Å².